The molecule has 2 aromatic rings. The minimum absolute atomic E-state index is 0.278. The third kappa shape index (κ3) is 3.07. The van der Waals surface area contributed by atoms with E-state index in [0.29, 0.717) is 12.0 Å². The number of hydrogen-bond donors (Lipinski definition) is 1. The molecule has 1 aromatic carbocycles. The zero-order chi connectivity index (χ0) is 14.9. The van der Waals surface area contributed by atoms with Crippen molar-refractivity contribution in [3.05, 3.63) is 51.3 Å². The summed E-state index contributed by atoms with van der Waals surface area (Å²) in [4.78, 5) is 0. The maximum atomic E-state index is 13.6. The predicted octanol–water partition coefficient (Wildman–Crippen LogP) is 2.88. The quantitative estimate of drug-likeness (QED) is 0.927. The van der Waals surface area contributed by atoms with E-state index >= 15 is 0 Å². The molecule has 0 aliphatic heterocycles. The first-order valence-corrected chi connectivity index (χ1v) is 7.06. The molecule has 1 aromatic heterocycles. The van der Waals surface area contributed by atoms with Crippen molar-refractivity contribution in [3.63, 3.8) is 0 Å². The first-order chi connectivity index (χ1) is 9.40. The van der Waals surface area contributed by atoms with E-state index in [-0.39, 0.29) is 12.5 Å². The van der Waals surface area contributed by atoms with Crippen LogP contribution in [0.1, 0.15) is 17.0 Å². The Morgan fingerprint density at radius 2 is 2.05 bits per heavy atom. The van der Waals surface area contributed by atoms with Gasteiger partial charge in [0.05, 0.1) is 15.9 Å². The summed E-state index contributed by atoms with van der Waals surface area (Å²) in [5.74, 6) is -1.66. The number of benzene rings is 1. The van der Waals surface area contributed by atoms with Crippen molar-refractivity contribution in [2.45, 2.75) is 25.8 Å². The number of nitrogens with two attached hydrogens (primary N) is 1. The number of hydrogen-bond acceptors (Lipinski definition) is 2. The van der Waals surface area contributed by atoms with E-state index in [1.807, 2.05) is 14.0 Å². The Hall–Kier alpha value is -1.27. The fourth-order valence-electron chi connectivity index (χ4n) is 2.21. The van der Waals surface area contributed by atoms with Gasteiger partial charge in [0.25, 0.3) is 0 Å². The van der Waals surface area contributed by atoms with E-state index in [1.165, 1.54) is 6.07 Å². The molecule has 0 saturated heterocycles. The van der Waals surface area contributed by atoms with Gasteiger partial charge in [0.1, 0.15) is 0 Å². The molecule has 1 unspecified atom stereocenters. The van der Waals surface area contributed by atoms with Crippen molar-refractivity contribution < 1.29 is 8.78 Å². The van der Waals surface area contributed by atoms with Gasteiger partial charge in [-0.25, -0.2) is 8.78 Å². The van der Waals surface area contributed by atoms with Gasteiger partial charge in [0.2, 0.25) is 0 Å². The van der Waals surface area contributed by atoms with E-state index in [4.69, 9.17) is 5.73 Å². The van der Waals surface area contributed by atoms with Crippen molar-refractivity contribution in [1.29, 1.82) is 0 Å². The van der Waals surface area contributed by atoms with E-state index in [9.17, 15) is 8.78 Å². The van der Waals surface area contributed by atoms with Gasteiger partial charge < -0.3 is 5.73 Å². The summed E-state index contributed by atoms with van der Waals surface area (Å²) in [5, 5.41) is 4.28. The zero-order valence-electron chi connectivity index (χ0n) is 11.3. The van der Waals surface area contributed by atoms with E-state index in [1.54, 1.807) is 10.7 Å². The highest BCUT2D eigenvalue weighted by molar-refractivity contribution is 9.10. The first kappa shape index (κ1) is 15.1. The molecule has 0 spiro atoms. The first-order valence-electron chi connectivity index (χ1n) is 6.26. The largest absolute Gasteiger partial charge is 0.327 e. The van der Waals surface area contributed by atoms with Gasteiger partial charge in [-0.15, -0.1) is 0 Å². The Labute approximate surface area is 124 Å². The van der Waals surface area contributed by atoms with Crippen molar-refractivity contribution in [2.75, 3.05) is 0 Å². The highest BCUT2D eigenvalue weighted by Gasteiger charge is 2.16. The SMILES string of the molecule is Cc1nn(C)c(CC(N)Cc2cccc(F)c2F)c1Br. The van der Waals surface area contributed by atoms with Crippen LogP contribution in [0, 0.1) is 18.6 Å². The van der Waals surface area contributed by atoms with Crippen LogP contribution < -0.4 is 5.73 Å². The molecule has 2 N–H and O–H groups in total. The standard InChI is InChI=1S/C14H16BrF2N3/c1-8-13(15)12(20(2)19-8)7-10(18)6-9-4-3-5-11(16)14(9)17/h3-5,10H,6-7,18H2,1-2H3. The molecular weight excluding hydrogens is 328 g/mol. The summed E-state index contributed by atoms with van der Waals surface area (Å²) < 4.78 is 29.4. The third-order valence-electron chi connectivity index (χ3n) is 3.23. The van der Waals surface area contributed by atoms with Crippen LogP contribution in [-0.4, -0.2) is 15.8 Å². The van der Waals surface area contributed by atoms with Gasteiger partial charge in [-0.1, -0.05) is 12.1 Å². The van der Waals surface area contributed by atoms with Crippen LogP contribution in [0.4, 0.5) is 8.78 Å². The molecule has 1 heterocycles. The Kier molecular flexibility index (Phi) is 4.55. The molecule has 3 nitrogen and oxygen atoms in total. The molecule has 0 saturated carbocycles. The van der Waals surface area contributed by atoms with Crippen LogP contribution >= 0.6 is 15.9 Å². The van der Waals surface area contributed by atoms with Gasteiger partial charge in [0.15, 0.2) is 11.6 Å². The van der Waals surface area contributed by atoms with Crippen molar-refractivity contribution in [3.8, 4) is 0 Å². The topological polar surface area (TPSA) is 43.8 Å². The number of aryl methyl sites for hydroxylation is 2. The van der Waals surface area contributed by atoms with Crippen LogP contribution in [0.2, 0.25) is 0 Å². The Morgan fingerprint density at radius 1 is 1.35 bits per heavy atom. The highest BCUT2D eigenvalue weighted by atomic mass is 79.9. The van der Waals surface area contributed by atoms with E-state index in [0.717, 1.165) is 21.9 Å². The molecule has 1 atom stereocenters. The number of nitrogens with zero attached hydrogens (tertiary/aromatic N) is 2. The minimum Gasteiger partial charge on any atom is -0.327 e. The highest BCUT2D eigenvalue weighted by Crippen LogP contribution is 2.22. The summed E-state index contributed by atoms with van der Waals surface area (Å²) >= 11 is 3.47. The number of aromatic nitrogens is 2. The molecule has 0 bridgehead atoms. The lowest BCUT2D eigenvalue weighted by molar-refractivity contribution is 0.491. The molecule has 20 heavy (non-hydrogen) atoms. The van der Waals surface area contributed by atoms with Gasteiger partial charge in [0, 0.05) is 19.5 Å². The average molecular weight is 344 g/mol. The number of rotatable bonds is 4. The van der Waals surface area contributed by atoms with Crippen LogP contribution in [0.5, 0.6) is 0 Å². The maximum absolute atomic E-state index is 13.6. The normalized spacial score (nSPS) is 12.7. The molecule has 0 amide bonds. The Bertz CT molecular complexity index is 625. The molecule has 108 valence electrons. The molecular formula is C14H16BrF2N3. The average Bonchev–Trinajstić information content (AvgIpc) is 2.62. The van der Waals surface area contributed by atoms with E-state index in [2.05, 4.69) is 21.0 Å². The maximum Gasteiger partial charge on any atom is 0.162 e. The molecule has 0 radical (unpaired) electrons. The van der Waals surface area contributed by atoms with Gasteiger partial charge >= 0.3 is 0 Å². The summed E-state index contributed by atoms with van der Waals surface area (Å²) in [6.45, 7) is 1.89. The second kappa shape index (κ2) is 6.01. The molecule has 6 heteroatoms. The molecule has 2 rings (SSSR count). The summed E-state index contributed by atoms with van der Waals surface area (Å²) in [6, 6.07) is 3.84. The predicted molar refractivity (Wildman–Crippen MR) is 77.4 cm³/mol. The number of halogens is 3. The van der Waals surface area contributed by atoms with Crippen LogP contribution in [0.3, 0.4) is 0 Å². The lowest BCUT2D eigenvalue weighted by atomic mass is 10.0. The molecule has 0 aliphatic rings. The lowest BCUT2D eigenvalue weighted by Crippen LogP contribution is -2.27. The second-order valence-corrected chi connectivity index (χ2v) is 5.64. The Morgan fingerprint density at radius 3 is 2.65 bits per heavy atom. The minimum atomic E-state index is -0.841. The summed E-state index contributed by atoms with van der Waals surface area (Å²) in [7, 11) is 1.84. The van der Waals surface area contributed by atoms with Crippen LogP contribution in [0.15, 0.2) is 22.7 Å². The van der Waals surface area contributed by atoms with Crippen LogP contribution in [0.25, 0.3) is 0 Å². The van der Waals surface area contributed by atoms with Gasteiger partial charge in [-0.2, -0.15) is 5.10 Å². The monoisotopic (exact) mass is 343 g/mol. The van der Waals surface area contributed by atoms with Crippen molar-refractivity contribution in [2.24, 2.45) is 12.8 Å². The summed E-state index contributed by atoms with van der Waals surface area (Å²) in [6.07, 6.45) is 0.814. The van der Waals surface area contributed by atoms with Gasteiger partial charge in [-0.3, -0.25) is 4.68 Å². The molecule has 0 aliphatic carbocycles. The molecule has 0 fully saturated rings. The van der Waals surface area contributed by atoms with Crippen molar-refractivity contribution >= 4 is 15.9 Å². The summed E-state index contributed by atoms with van der Waals surface area (Å²) in [5.41, 5.74) is 8.18. The fraction of sp³-hybridized carbons (Fsp3) is 0.357. The van der Waals surface area contributed by atoms with E-state index < -0.39 is 11.6 Å². The fourth-order valence-corrected chi connectivity index (χ4v) is 2.71. The zero-order valence-corrected chi connectivity index (χ0v) is 12.9. The smallest absolute Gasteiger partial charge is 0.162 e. The lowest BCUT2D eigenvalue weighted by Gasteiger charge is -2.13. The Balaban J connectivity index is 2.13. The second-order valence-electron chi connectivity index (χ2n) is 4.85. The van der Waals surface area contributed by atoms with Crippen LogP contribution in [-0.2, 0) is 19.9 Å². The van der Waals surface area contributed by atoms with Crippen molar-refractivity contribution in [1.82, 2.24) is 9.78 Å². The third-order valence-corrected chi connectivity index (χ3v) is 4.26. The van der Waals surface area contributed by atoms with Gasteiger partial charge in [-0.05, 0) is 40.9 Å².